The summed E-state index contributed by atoms with van der Waals surface area (Å²) in [5.74, 6) is 0.731. The minimum Gasteiger partial charge on any atom is -0.297 e. The minimum atomic E-state index is -0.494. The number of thiophene rings is 1. The summed E-state index contributed by atoms with van der Waals surface area (Å²) in [7, 11) is 0. The fourth-order valence-electron chi connectivity index (χ4n) is 3.74. The maximum atomic E-state index is 13.5. The first kappa shape index (κ1) is 19.1. The molecule has 0 aliphatic heterocycles. The molecule has 5 heteroatoms. The van der Waals surface area contributed by atoms with Gasteiger partial charge in [-0.2, -0.15) is 0 Å². The molecule has 0 fully saturated rings. The van der Waals surface area contributed by atoms with E-state index in [4.69, 9.17) is 4.98 Å². The molecule has 0 unspecified atom stereocenters. The number of benzene rings is 1. The van der Waals surface area contributed by atoms with Gasteiger partial charge in [0.15, 0.2) is 5.78 Å². The summed E-state index contributed by atoms with van der Waals surface area (Å²) < 4.78 is 1.63. The highest BCUT2D eigenvalue weighted by Crippen LogP contribution is 2.34. The van der Waals surface area contributed by atoms with Gasteiger partial charge in [0.05, 0.1) is 11.9 Å². The highest BCUT2D eigenvalue weighted by atomic mass is 32.1. The van der Waals surface area contributed by atoms with E-state index in [1.165, 1.54) is 16.9 Å². The molecule has 0 saturated heterocycles. The van der Waals surface area contributed by atoms with Crippen LogP contribution in [-0.2, 0) is 30.6 Å². The molecule has 28 heavy (non-hydrogen) atoms. The Hall–Kier alpha value is -2.27. The molecule has 1 aliphatic carbocycles. The van der Waals surface area contributed by atoms with Crippen LogP contribution in [0, 0.1) is 5.41 Å². The molecule has 0 atom stereocenters. The zero-order valence-electron chi connectivity index (χ0n) is 16.7. The van der Waals surface area contributed by atoms with Crippen molar-refractivity contribution in [2.45, 2.75) is 59.4 Å². The molecular formula is C23H26N2O2S. The molecule has 2 heterocycles. The third-order valence-electron chi connectivity index (χ3n) is 5.50. The SMILES string of the molecule is CC(C)(C)C(=O)Cn1c(Cc2ccccc2)nc2sc3c(c2c1=O)CCCC3. The lowest BCUT2D eigenvalue weighted by Crippen LogP contribution is -2.33. The second kappa shape index (κ2) is 7.28. The standard InChI is InChI=1S/C23H26N2O2S/c1-23(2,3)18(26)14-25-19(13-15-9-5-4-6-10-15)24-21-20(22(25)27)16-11-7-8-12-17(16)28-21/h4-6,9-10H,7-8,11-14H2,1-3H3. The molecule has 4 nitrogen and oxygen atoms in total. The van der Waals surface area contributed by atoms with Gasteiger partial charge < -0.3 is 0 Å². The minimum absolute atomic E-state index is 0.0482. The van der Waals surface area contributed by atoms with E-state index in [2.05, 4.69) is 0 Å². The van der Waals surface area contributed by atoms with Crippen LogP contribution in [0.3, 0.4) is 0 Å². The average Bonchev–Trinajstić information content (AvgIpc) is 3.03. The van der Waals surface area contributed by atoms with Gasteiger partial charge >= 0.3 is 0 Å². The van der Waals surface area contributed by atoms with Crippen LogP contribution in [0.4, 0.5) is 0 Å². The van der Waals surface area contributed by atoms with Crippen LogP contribution >= 0.6 is 11.3 Å². The normalized spacial score (nSPS) is 14.2. The van der Waals surface area contributed by atoms with Crippen LogP contribution in [0.1, 0.15) is 55.4 Å². The summed E-state index contributed by atoms with van der Waals surface area (Å²) in [5.41, 5.74) is 1.72. The predicted molar refractivity (Wildman–Crippen MR) is 114 cm³/mol. The topological polar surface area (TPSA) is 52.0 Å². The first-order valence-electron chi connectivity index (χ1n) is 9.96. The number of hydrogen-bond acceptors (Lipinski definition) is 4. The monoisotopic (exact) mass is 394 g/mol. The van der Waals surface area contributed by atoms with Gasteiger partial charge in [0.25, 0.3) is 5.56 Å². The lowest BCUT2D eigenvalue weighted by molar-refractivity contribution is -0.127. The van der Waals surface area contributed by atoms with Gasteiger partial charge in [-0.15, -0.1) is 11.3 Å². The lowest BCUT2D eigenvalue weighted by atomic mass is 9.90. The summed E-state index contributed by atoms with van der Waals surface area (Å²) in [5, 5.41) is 0.748. The number of aromatic nitrogens is 2. The third kappa shape index (κ3) is 3.55. The summed E-state index contributed by atoms with van der Waals surface area (Å²) in [6.45, 7) is 5.78. The molecule has 1 aliphatic rings. The van der Waals surface area contributed by atoms with E-state index in [9.17, 15) is 9.59 Å². The Labute approximate surface area is 169 Å². The van der Waals surface area contributed by atoms with Crippen LogP contribution in [0.25, 0.3) is 10.2 Å². The average molecular weight is 395 g/mol. The van der Waals surface area contributed by atoms with E-state index in [1.54, 1.807) is 15.9 Å². The molecule has 2 aromatic heterocycles. The Morgan fingerprint density at radius 1 is 1.14 bits per heavy atom. The third-order valence-corrected chi connectivity index (χ3v) is 6.68. The number of rotatable bonds is 4. The van der Waals surface area contributed by atoms with Crippen molar-refractivity contribution in [1.82, 2.24) is 9.55 Å². The first-order chi connectivity index (χ1) is 13.3. The van der Waals surface area contributed by atoms with Gasteiger partial charge in [0.2, 0.25) is 0 Å². The fraction of sp³-hybridized carbons (Fsp3) is 0.435. The molecular weight excluding hydrogens is 368 g/mol. The second-order valence-electron chi connectivity index (χ2n) is 8.65. The Morgan fingerprint density at radius 2 is 1.86 bits per heavy atom. The van der Waals surface area contributed by atoms with E-state index in [-0.39, 0.29) is 17.9 Å². The van der Waals surface area contributed by atoms with E-state index in [1.807, 2.05) is 51.1 Å². The van der Waals surface area contributed by atoms with Crippen LogP contribution in [0.2, 0.25) is 0 Å². The summed E-state index contributed by atoms with van der Waals surface area (Å²) in [6.07, 6.45) is 4.81. The van der Waals surface area contributed by atoms with E-state index >= 15 is 0 Å². The van der Waals surface area contributed by atoms with Crippen molar-refractivity contribution in [3.05, 3.63) is 62.5 Å². The van der Waals surface area contributed by atoms with Gasteiger partial charge in [-0.25, -0.2) is 4.98 Å². The number of fused-ring (bicyclic) bond motifs is 3. The molecule has 0 saturated carbocycles. The van der Waals surface area contributed by atoms with Crippen molar-refractivity contribution in [2.75, 3.05) is 0 Å². The molecule has 0 spiro atoms. The van der Waals surface area contributed by atoms with Crippen molar-refractivity contribution in [3.63, 3.8) is 0 Å². The van der Waals surface area contributed by atoms with Crippen LogP contribution in [0.5, 0.6) is 0 Å². The second-order valence-corrected chi connectivity index (χ2v) is 9.73. The van der Waals surface area contributed by atoms with E-state index in [0.29, 0.717) is 12.2 Å². The maximum Gasteiger partial charge on any atom is 0.262 e. The molecule has 1 aromatic carbocycles. The summed E-state index contributed by atoms with van der Waals surface area (Å²) in [4.78, 5) is 33.3. The zero-order chi connectivity index (χ0) is 19.9. The number of carbonyl (C=O) groups is 1. The largest absolute Gasteiger partial charge is 0.297 e. The Balaban J connectivity index is 1.88. The first-order valence-corrected chi connectivity index (χ1v) is 10.8. The number of ketones is 1. The number of carbonyl (C=O) groups excluding carboxylic acids is 1. The Kier molecular flexibility index (Phi) is 4.96. The van der Waals surface area contributed by atoms with Gasteiger partial charge in [-0.05, 0) is 36.8 Å². The smallest absolute Gasteiger partial charge is 0.262 e. The molecule has 0 bridgehead atoms. The summed E-state index contributed by atoms with van der Waals surface area (Å²) in [6, 6.07) is 10.0. The van der Waals surface area contributed by atoms with Crippen LogP contribution < -0.4 is 5.56 Å². The molecule has 4 rings (SSSR count). The van der Waals surface area contributed by atoms with Crippen molar-refractivity contribution < 1.29 is 4.79 Å². The molecule has 0 N–H and O–H groups in total. The lowest BCUT2D eigenvalue weighted by Gasteiger charge is -2.19. The van der Waals surface area contributed by atoms with Crippen molar-refractivity contribution in [1.29, 1.82) is 0 Å². The van der Waals surface area contributed by atoms with Gasteiger partial charge in [-0.1, -0.05) is 51.1 Å². The fourth-order valence-corrected chi connectivity index (χ4v) is 5.01. The van der Waals surface area contributed by atoms with Gasteiger partial charge in [0, 0.05) is 16.7 Å². The Morgan fingerprint density at radius 3 is 2.57 bits per heavy atom. The summed E-state index contributed by atoms with van der Waals surface area (Å²) >= 11 is 1.66. The Bertz CT molecular complexity index is 1090. The predicted octanol–water partition coefficient (Wildman–Crippen LogP) is 4.54. The molecule has 3 aromatic rings. The number of hydrogen-bond donors (Lipinski definition) is 0. The molecule has 146 valence electrons. The number of aryl methyl sites for hydroxylation is 2. The van der Waals surface area contributed by atoms with Gasteiger partial charge in [-0.3, -0.25) is 14.2 Å². The molecule has 0 radical (unpaired) electrons. The molecule has 0 amide bonds. The van der Waals surface area contributed by atoms with Gasteiger partial charge in [0.1, 0.15) is 10.7 Å². The van der Waals surface area contributed by atoms with E-state index in [0.717, 1.165) is 35.0 Å². The van der Waals surface area contributed by atoms with Crippen LogP contribution in [0.15, 0.2) is 35.1 Å². The van der Waals surface area contributed by atoms with E-state index < -0.39 is 5.41 Å². The maximum absolute atomic E-state index is 13.5. The van der Waals surface area contributed by atoms with Crippen molar-refractivity contribution in [2.24, 2.45) is 5.41 Å². The number of nitrogens with zero attached hydrogens (tertiary/aromatic N) is 2. The quantitative estimate of drug-likeness (QED) is 0.653. The van der Waals surface area contributed by atoms with Crippen molar-refractivity contribution >= 4 is 27.3 Å². The number of Topliss-reactive ketones (excluding diaryl/α,β-unsaturated/α-hetero) is 1. The highest BCUT2D eigenvalue weighted by molar-refractivity contribution is 7.18. The van der Waals surface area contributed by atoms with Crippen molar-refractivity contribution in [3.8, 4) is 0 Å². The zero-order valence-corrected chi connectivity index (χ0v) is 17.6. The highest BCUT2D eigenvalue weighted by Gasteiger charge is 2.26. The van der Waals surface area contributed by atoms with Crippen LogP contribution in [-0.4, -0.2) is 15.3 Å².